The molecule has 0 saturated carbocycles. The third-order valence-corrected chi connectivity index (χ3v) is 14.3. The van der Waals surface area contributed by atoms with Crippen LogP contribution in [0.5, 0.6) is 0 Å². The summed E-state index contributed by atoms with van der Waals surface area (Å²) >= 11 is 0. The van der Waals surface area contributed by atoms with Crippen LogP contribution in [0.15, 0.2) is 243 Å². The number of hydrogen-bond donors (Lipinski definition) is 0. The van der Waals surface area contributed by atoms with Crippen LogP contribution in [-0.4, -0.2) is 0 Å². The van der Waals surface area contributed by atoms with Crippen molar-refractivity contribution in [1.82, 2.24) is 0 Å². The van der Waals surface area contributed by atoms with Gasteiger partial charge in [-0.25, -0.2) is 0 Å². The normalized spacial score (nSPS) is 11.9. The molecule has 0 nitrogen and oxygen atoms in total. The van der Waals surface area contributed by atoms with Crippen LogP contribution in [0.3, 0.4) is 0 Å². The van der Waals surface area contributed by atoms with Gasteiger partial charge in [0.25, 0.3) is 0 Å². The van der Waals surface area contributed by atoms with E-state index < -0.39 is 0 Å². The van der Waals surface area contributed by atoms with Crippen molar-refractivity contribution in [1.29, 1.82) is 0 Å². The Bertz CT molecular complexity index is 4050. The van der Waals surface area contributed by atoms with Crippen LogP contribution in [0.4, 0.5) is 0 Å². The standard InChI is InChI=1S/C66H40/c1-3-15-53-41(11-1)13-9-21-55(53)51-29-27-43-35-45(23-25-47(43)37-51)49-31-33-59-60-34-32-50(40-64(60)66-62-20-8-6-18-58(62)57-17-5-7-19-61(57)65(66)63(59)39-49)46-24-26-48-38-52(30-28-44(48)36-46)56-22-10-14-42-12-2-4-16-54(42)56/h1-40H. The molecule has 304 valence electrons. The van der Waals surface area contributed by atoms with Crippen molar-refractivity contribution in [2.24, 2.45) is 0 Å². The SMILES string of the molecule is c1ccc2c(-c3ccc4cc(-c5ccc6c7ccc(-c8ccc9cc(-c%10cccc%11ccccc%10%11)ccc9c8)cc7c7c8ccccc8c8ccccc8c7c6c5)ccc4c3)cccc2c1. The molecule has 0 radical (unpaired) electrons. The molecule has 14 rings (SSSR count). The largest absolute Gasteiger partial charge is 0.0616 e. The van der Waals surface area contributed by atoms with Crippen LogP contribution >= 0.6 is 0 Å². The molecule has 0 atom stereocenters. The van der Waals surface area contributed by atoms with E-state index in [0.29, 0.717) is 0 Å². The van der Waals surface area contributed by atoms with Gasteiger partial charge in [-0.2, -0.15) is 0 Å². The molecule has 0 N–H and O–H groups in total. The van der Waals surface area contributed by atoms with E-state index in [-0.39, 0.29) is 0 Å². The molecule has 0 unspecified atom stereocenters. The Balaban J connectivity index is 0.933. The Labute approximate surface area is 382 Å². The van der Waals surface area contributed by atoms with Gasteiger partial charge in [0.15, 0.2) is 0 Å². The summed E-state index contributed by atoms with van der Waals surface area (Å²) in [5.74, 6) is 0. The molecule has 0 aromatic heterocycles. The molecule has 0 aliphatic carbocycles. The Morgan fingerprint density at radius 1 is 0.152 bits per heavy atom. The first-order valence-corrected chi connectivity index (χ1v) is 23.0. The number of fused-ring (bicyclic) bond motifs is 15. The first-order chi connectivity index (χ1) is 32.7. The molecular weight excluding hydrogens is 793 g/mol. The average Bonchev–Trinajstić information content (AvgIpc) is 3.39. The lowest BCUT2D eigenvalue weighted by molar-refractivity contribution is 1.66. The second kappa shape index (κ2) is 14.5. The van der Waals surface area contributed by atoms with E-state index in [1.165, 1.54) is 141 Å². The molecule has 0 heterocycles. The van der Waals surface area contributed by atoms with E-state index in [9.17, 15) is 0 Å². The van der Waals surface area contributed by atoms with Crippen molar-refractivity contribution in [3.05, 3.63) is 243 Å². The van der Waals surface area contributed by atoms with Gasteiger partial charge in [-0.3, -0.25) is 0 Å². The molecule has 0 bridgehead atoms. The van der Waals surface area contributed by atoms with Crippen LogP contribution in [0.2, 0.25) is 0 Å². The van der Waals surface area contributed by atoms with E-state index in [4.69, 9.17) is 0 Å². The highest BCUT2D eigenvalue weighted by Crippen LogP contribution is 2.46. The van der Waals surface area contributed by atoms with Crippen molar-refractivity contribution >= 4 is 97.0 Å². The van der Waals surface area contributed by atoms with Crippen molar-refractivity contribution in [2.75, 3.05) is 0 Å². The fourth-order valence-electron chi connectivity index (χ4n) is 11.2. The van der Waals surface area contributed by atoms with E-state index in [2.05, 4.69) is 243 Å². The molecule has 66 heavy (non-hydrogen) atoms. The summed E-state index contributed by atoms with van der Waals surface area (Å²) in [6.45, 7) is 0. The van der Waals surface area contributed by atoms with Crippen LogP contribution in [0, 0.1) is 0 Å². The molecule has 0 aliphatic heterocycles. The second-order valence-corrected chi connectivity index (χ2v) is 18.0. The summed E-state index contributed by atoms with van der Waals surface area (Å²) in [6.07, 6.45) is 0. The smallest absolute Gasteiger partial charge is 0.00137 e. The zero-order valence-electron chi connectivity index (χ0n) is 36.1. The van der Waals surface area contributed by atoms with Gasteiger partial charge in [0.2, 0.25) is 0 Å². The predicted octanol–water partition coefficient (Wildman–Crippen LogP) is 18.7. The molecule has 0 amide bonds. The van der Waals surface area contributed by atoms with Crippen molar-refractivity contribution < 1.29 is 0 Å². The Hall–Kier alpha value is -8.58. The Morgan fingerprint density at radius 3 is 0.894 bits per heavy atom. The zero-order chi connectivity index (χ0) is 43.3. The van der Waals surface area contributed by atoms with Crippen LogP contribution in [0.25, 0.3) is 141 Å². The summed E-state index contributed by atoms with van der Waals surface area (Å²) in [6, 6.07) is 90.5. The van der Waals surface area contributed by atoms with Gasteiger partial charge in [0.05, 0.1) is 0 Å². The fraction of sp³-hybridized carbons (Fsp3) is 0. The van der Waals surface area contributed by atoms with E-state index >= 15 is 0 Å². The summed E-state index contributed by atoms with van der Waals surface area (Å²) in [7, 11) is 0. The zero-order valence-corrected chi connectivity index (χ0v) is 36.1. The van der Waals surface area contributed by atoms with Gasteiger partial charge in [-0.05, 0) is 178 Å². The first-order valence-electron chi connectivity index (χ1n) is 23.0. The van der Waals surface area contributed by atoms with Crippen LogP contribution in [0.1, 0.15) is 0 Å². The maximum absolute atomic E-state index is 2.45. The van der Waals surface area contributed by atoms with Crippen LogP contribution in [-0.2, 0) is 0 Å². The lowest BCUT2D eigenvalue weighted by Crippen LogP contribution is -1.90. The minimum Gasteiger partial charge on any atom is -0.0616 e. The lowest BCUT2D eigenvalue weighted by Gasteiger charge is -2.18. The summed E-state index contributed by atoms with van der Waals surface area (Å²) in [5, 5.41) is 22.9. The van der Waals surface area contributed by atoms with Gasteiger partial charge >= 0.3 is 0 Å². The fourth-order valence-corrected chi connectivity index (χ4v) is 11.2. The molecule has 0 saturated heterocycles. The van der Waals surface area contributed by atoms with E-state index in [0.717, 1.165) is 0 Å². The molecule has 0 fully saturated rings. The molecule has 14 aromatic carbocycles. The average molecular weight is 833 g/mol. The maximum atomic E-state index is 2.45. The predicted molar refractivity (Wildman–Crippen MR) is 286 cm³/mol. The number of hydrogen-bond acceptors (Lipinski definition) is 0. The van der Waals surface area contributed by atoms with Gasteiger partial charge in [0.1, 0.15) is 0 Å². The second-order valence-electron chi connectivity index (χ2n) is 18.0. The quantitative estimate of drug-likeness (QED) is 0.155. The molecule has 0 aliphatic rings. The van der Waals surface area contributed by atoms with Gasteiger partial charge in [-0.15, -0.1) is 0 Å². The topological polar surface area (TPSA) is 0 Å². The molecule has 14 aromatic rings. The van der Waals surface area contributed by atoms with E-state index in [1.807, 2.05) is 0 Å². The summed E-state index contributed by atoms with van der Waals surface area (Å²) in [5.41, 5.74) is 9.89. The minimum atomic E-state index is 1.22. The maximum Gasteiger partial charge on any atom is -0.00137 e. The van der Waals surface area contributed by atoms with Gasteiger partial charge in [0, 0.05) is 0 Å². The highest BCUT2D eigenvalue weighted by molar-refractivity contribution is 6.40. The summed E-state index contributed by atoms with van der Waals surface area (Å²) in [4.78, 5) is 0. The third-order valence-electron chi connectivity index (χ3n) is 14.3. The first kappa shape index (κ1) is 36.9. The lowest BCUT2D eigenvalue weighted by atomic mass is 9.85. The van der Waals surface area contributed by atoms with Crippen molar-refractivity contribution in [3.63, 3.8) is 0 Å². The third kappa shape index (κ3) is 5.72. The molecular formula is C66H40. The van der Waals surface area contributed by atoms with Gasteiger partial charge < -0.3 is 0 Å². The molecule has 0 spiro atoms. The van der Waals surface area contributed by atoms with Gasteiger partial charge in [-0.1, -0.05) is 206 Å². The van der Waals surface area contributed by atoms with Crippen molar-refractivity contribution in [2.45, 2.75) is 0 Å². The van der Waals surface area contributed by atoms with E-state index in [1.54, 1.807) is 0 Å². The number of rotatable bonds is 4. The highest BCUT2D eigenvalue weighted by Gasteiger charge is 2.18. The van der Waals surface area contributed by atoms with Crippen LogP contribution < -0.4 is 0 Å². The monoisotopic (exact) mass is 832 g/mol. The molecule has 0 heteroatoms. The minimum absolute atomic E-state index is 1.22. The summed E-state index contributed by atoms with van der Waals surface area (Å²) < 4.78 is 0. The Morgan fingerprint density at radius 2 is 0.455 bits per heavy atom. The number of benzene rings is 14. The Kier molecular flexibility index (Phi) is 8.08. The highest BCUT2D eigenvalue weighted by atomic mass is 14.2. The van der Waals surface area contributed by atoms with Crippen molar-refractivity contribution in [3.8, 4) is 44.5 Å².